The Balaban J connectivity index is 1.64. The van der Waals surface area contributed by atoms with Gasteiger partial charge in [-0.05, 0) is 72.4 Å². The van der Waals surface area contributed by atoms with Crippen LogP contribution in [0.2, 0.25) is 0 Å². The quantitative estimate of drug-likeness (QED) is 0.436. The average molecular weight is 370 g/mol. The van der Waals surface area contributed by atoms with E-state index in [1.54, 1.807) is 0 Å². The topological polar surface area (TPSA) is 37.9 Å². The van der Waals surface area contributed by atoms with E-state index >= 15 is 0 Å². The van der Waals surface area contributed by atoms with Gasteiger partial charge in [0.05, 0.1) is 6.10 Å². The van der Waals surface area contributed by atoms with Gasteiger partial charge in [0.2, 0.25) is 0 Å². The van der Waals surface area contributed by atoms with Crippen LogP contribution in [0.1, 0.15) is 49.6 Å². The predicted octanol–water partition coefficient (Wildman–Crippen LogP) is 6.17. The third-order valence-corrected chi connectivity index (χ3v) is 5.94. The zero-order valence-electron chi connectivity index (χ0n) is 16.5. The first-order valence-corrected chi connectivity index (χ1v) is 10.3. The summed E-state index contributed by atoms with van der Waals surface area (Å²) < 4.78 is 6.05. The Labute approximate surface area is 165 Å². The van der Waals surface area contributed by atoms with Crippen LogP contribution in [-0.4, -0.2) is 16.1 Å². The molecule has 3 heteroatoms. The minimum atomic E-state index is 0.173. The van der Waals surface area contributed by atoms with E-state index in [9.17, 15) is 0 Å². The number of hydrogen-bond donors (Lipinski definition) is 1. The fourth-order valence-corrected chi connectivity index (χ4v) is 4.78. The maximum atomic E-state index is 6.05. The first kappa shape index (κ1) is 17.3. The second-order valence-corrected chi connectivity index (χ2v) is 8.14. The number of nitrogens with one attached hydrogen (secondary N) is 1. The second-order valence-electron chi connectivity index (χ2n) is 8.14. The molecule has 1 unspecified atom stereocenters. The molecular formula is C25H26N2O. The molecule has 142 valence electrons. The highest BCUT2D eigenvalue weighted by Crippen LogP contribution is 2.40. The number of H-pyrrole nitrogens is 1. The molecule has 1 N–H and O–H groups in total. The summed E-state index contributed by atoms with van der Waals surface area (Å²) in [5.41, 5.74) is 3.03. The van der Waals surface area contributed by atoms with Crippen LogP contribution in [0, 0.1) is 0 Å². The molecule has 5 rings (SSSR count). The van der Waals surface area contributed by atoms with Crippen molar-refractivity contribution in [2.75, 3.05) is 0 Å². The molecule has 4 aromatic rings. The van der Waals surface area contributed by atoms with E-state index in [-0.39, 0.29) is 6.10 Å². The maximum Gasteiger partial charge on any atom is 0.127 e. The van der Waals surface area contributed by atoms with Crippen molar-refractivity contribution in [3.63, 3.8) is 0 Å². The zero-order chi connectivity index (χ0) is 19.1. The number of rotatable bonds is 4. The number of nitrogens with zero attached hydrogens (tertiary/aromatic N) is 1. The van der Waals surface area contributed by atoms with Crippen LogP contribution in [0.3, 0.4) is 0 Å². The molecule has 0 radical (unpaired) electrons. The minimum absolute atomic E-state index is 0.173. The van der Waals surface area contributed by atoms with Gasteiger partial charge in [-0.15, -0.1) is 0 Å². The van der Waals surface area contributed by atoms with Crippen molar-refractivity contribution >= 4 is 21.5 Å². The Morgan fingerprint density at radius 2 is 1.86 bits per heavy atom. The molecule has 0 fully saturated rings. The average Bonchev–Trinajstić information content (AvgIpc) is 3.20. The Morgan fingerprint density at radius 3 is 2.68 bits per heavy atom. The lowest BCUT2D eigenvalue weighted by molar-refractivity contribution is 0.245. The van der Waals surface area contributed by atoms with E-state index in [1.165, 1.54) is 45.5 Å². The largest absolute Gasteiger partial charge is 0.490 e. The highest BCUT2D eigenvalue weighted by Gasteiger charge is 2.23. The smallest absolute Gasteiger partial charge is 0.127 e. The van der Waals surface area contributed by atoms with Gasteiger partial charge >= 0.3 is 0 Å². The number of ether oxygens (including phenoxy) is 1. The fourth-order valence-electron chi connectivity index (χ4n) is 4.78. The molecule has 0 amide bonds. The molecule has 1 aromatic heterocycles. The third kappa shape index (κ3) is 2.95. The fraction of sp³-hybridized carbons (Fsp3) is 0.320. The Kier molecular flexibility index (Phi) is 4.31. The van der Waals surface area contributed by atoms with E-state index in [4.69, 9.17) is 4.74 Å². The van der Waals surface area contributed by atoms with Crippen molar-refractivity contribution < 1.29 is 4.74 Å². The molecule has 0 saturated carbocycles. The van der Waals surface area contributed by atoms with Gasteiger partial charge in [0.25, 0.3) is 0 Å². The third-order valence-electron chi connectivity index (χ3n) is 5.94. The van der Waals surface area contributed by atoms with E-state index in [2.05, 4.69) is 66.3 Å². The molecule has 3 nitrogen and oxygen atoms in total. The molecule has 0 aliphatic heterocycles. The second kappa shape index (κ2) is 6.97. The summed E-state index contributed by atoms with van der Waals surface area (Å²) in [6.45, 7) is 4.16. The molecule has 0 saturated heterocycles. The number of benzene rings is 3. The predicted molar refractivity (Wildman–Crippen MR) is 115 cm³/mol. The van der Waals surface area contributed by atoms with Gasteiger partial charge < -0.3 is 9.72 Å². The number of aromatic amines is 1. The van der Waals surface area contributed by atoms with Gasteiger partial charge in [0.15, 0.2) is 0 Å². The molecular weight excluding hydrogens is 344 g/mol. The Bertz CT molecular complexity index is 1130. The first-order chi connectivity index (χ1) is 13.7. The number of fused-ring (bicyclic) bond motifs is 5. The molecule has 1 aliphatic carbocycles. The van der Waals surface area contributed by atoms with Crippen LogP contribution in [-0.2, 0) is 12.8 Å². The molecule has 1 atom stereocenters. The number of aryl methyl sites for hydroxylation is 1. The van der Waals surface area contributed by atoms with E-state index in [1.807, 2.05) is 12.4 Å². The van der Waals surface area contributed by atoms with Crippen LogP contribution in [0.4, 0.5) is 0 Å². The molecule has 0 bridgehead atoms. The number of aromatic nitrogens is 2. The summed E-state index contributed by atoms with van der Waals surface area (Å²) in [6.07, 6.45) is 8.57. The van der Waals surface area contributed by atoms with Crippen molar-refractivity contribution in [2.24, 2.45) is 0 Å². The molecule has 0 spiro atoms. The summed E-state index contributed by atoms with van der Waals surface area (Å²) in [7, 11) is 0. The summed E-state index contributed by atoms with van der Waals surface area (Å²) in [5, 5.41) is 5.22. The van der Waals surface area contributed by atoms with Gasteiger partial charge in [0, 0.05) is 24.2 Å². The molecule has 28 heavy (non-hydrogen) atoms. The lowest BCUT2D eigenvalue weighted by atomic mass is 9.78. The van der Waals surface area contributed by atoms with Crippen LogP contribution >= 0.6 is 0 Å². The molecule has 1 heterocycles. The summed E-state index contributed by atoms with van der Waals surface area (Å²) in [4.78, 5) is 7.72. The normalized spacial score (nSPS) is 16.6. The highest BCUT2D eigenvalue weighted by atomic mass is 16.5. The van der Waals surface area contributed by atoms with Gasteiger partial charge in [-0.3, -0.25) is 0 Å². The lowest BCUT2D eigenvalue weighted by Crippen LogP contribution is -2.13. The van der Waals surface area contributed by atoms with Crippen molar-refractivity contribution in [1.82, 2.24) is 9.97 Å². The SMILES string of the molecule is CC(C)Oc1cccc2c1ccc1c3c(ccc12)C(Cc1ncc[nH]1)CCC3. The van der Waals surface area contributed by atoms with Crippen molar-refractivity contribution in [3.8, 4) is 5.75 Å². The lowest BCUT2D eigenvalue weighted by Gasteiger charge is -2.27. The monoisotopic (exact) mass is 370 g/mol. The summed E-state index contributed by atoms with van der Waals surface area (Å²) in [5.74, 6) is 2.61. The van der Waals surface area contributed by atoms with Crippen LogP contribution in [0.5, 0.6) is 5.75 Å². The van der Waals surface area contributed by atoms with Gasteiger partial charge in [-0.25, -0.2) is 4.98 Å². The van der Waals surface area contributed by atoms with Crippen molar-refractivity contribution in [3.05, 3.63) is 71.8 Å². The van der Waals surface area contributed by atoms with Crippen LogP contribution < -0.4 is 4.74 Å². The maximum absolute atomic E-state index is 6.05. The Hall–Kier alpha value is -2.81. The van der Waals surface area contributed by atoms with Gasteiger partial charge in [-0.2, -0.15) is 0 Å². The standard InChI is InChI=1S/C25H26N2O/c1-16(2)28-24-8-4-7-20-22-10-9-18-17(15-25-26-13-14-27-25)5-3-6-19(18)21(22)11-12-23(20)24/h4,7-14,16-17H,3,5-6,15H2,1-2H3,(H,26,27). The minimum Gasteiger partial charge on any atom is -0.490 e. The van der Waals surface area contributed by atoms with Gasteiger partial charge in [0.1, 0.15) is 11.6 Å². The molecule has 3 aromatic carbocycles. The van der Waals surface area contributed by atoms with E-state index < -0.39 is 0 Å². The Morgan fingerprint density at radius 1 is 1.04 bits per heavy atom. The number of hydrogen-bond acceptors (Lipinski definition) is 2. The number of imidazole rings is 1. The van der Waals surface area contributed by atoms with E-state index in [0.29, 0.717) is 5.92 Å². The highest BCUT2D eigenvalue weighted by molar-refractivity contribution is 6.10. The van der Waals surface area contributed by atoms with Gasteiger partial charge in [-0.1, -0.05) is 36.4 Å². The van der Waals surface area contributed by atoms with Crippen molar-refractivity contribution in [1.29, 1.82) is 0 Å². The first-order valence-electron chi connectivity index (χ1n) is 10.3. The van der Waals surface area contributed by atoms with Crippen molar-refractivity contribution in [2.45, 2.75) is 51.6 Å². The van der Waals surface area contributed by atoms with E-state index in [0.717, 1.165) is 24.4 Å². The zero-order valence-corrected chi connectivity index (χ0v) is 16.5. The van der Waals surface area contributed by atoms with Crippen LogP contribution in [0.25, 0.3) is 21.5 Å². The van der Waals surface area contributed by atoms with Crippen LogP contribution in [0.15, 0.2) is 54.9 Å². The summed E-state index contributed by atoms with van der Waals surface area (Å²) in [6, 6.07) is 15.6. The summed E-state index contributed by atoms with van der Waals surface area (Å²) >= 11 is 0. The molecule has 1 aliphatic rings.